The van der Waals surface area contributed by atoms with Gasteiger partial charge in [0.2, 0.25) is 5.91 Å². The molecule has 1 aliphatic rings. The van der Waals surface area contributed by atoms with Gasteiger partial charge in [-0.1, -0.05) is 13.3 Å². The van der Waals surface area contributed by atoms with E-state index in [4.69, 9.17) is 0 Å². The quantitative estimate of drug-likeness (QED) is 0.818. The number of rotatable bonds is 6. The van der Waals surface area contributed by atoms with E-state index in [0.29, 0.717) is 0 Å². The van der Waals surface area contributed by atoms with Crippen molar-refractivity contribution in [1.29, 1.82) is 0 Å². The fourth-order valence-electron chi connectivity index (χ4n) is 2.94. The number of thiophene rings is 1. The lowest BCUT2D eigenvalue weighted by atomic mass is 9.76. The molecule has 112 valence electrons. The molecule has 3 nitrogen and oxygen atoms in total. The molecule has 1 unspecified atom stereocenters. The predicted octanol–water partition coefficient (Wildman–Crippen LogP) is 3.34. The number of piperidine rings is 1. The van der Waals surface area contributed by atoms with Crippen LogP contribution in [0.5, 0.6) is 0 Å². The van der Waals surface area contributed by atoms with Crippen molar-refractivity contribution in [1.82, 2.24) is 10.6 Å². The second-order valence-electron chi connectivity index (χ2n) is 5.52. The van der Waals surface area contributed by atoms with Gasteiger partial charge in [-0.15, -0.1) is 11.3 Å². The number of hydrogen-bond acceptors (Lipinski definition) is 3. The molecule has 2 heterocycles. The van der Waals surface area contributed by atoms with Crippen molar-refractivity contribution >= 4 is 33.2 Å². The van der Waals surface area contributed by atoms with Gasteiger partial charge < -0.3 is 10.6 Å². The highest BCUT2D eigenvalue weighted by Gasteiger charge is 2.38. The summed E-state index contributed by atoms with van der Waals surface area (Å²) in [7, 11) is 0. The minimum atomic E-state index is -0.178. The van der Waals surface area contributed by atoms with E-state index in [9.17, 15) is 4.79 Å². The van der Waals surface area contributed by atoms with Gasteiger partial charge in [0.05, 0.1) is 9.20 Å². The van der Waals surface area contributed by atoms with Crippen molar-refractivity contribution in [3.8, 4) is 0 Å². The highest BCUT2D eigenvalue weighted by molar-refractivity contribution is 9.11. The molecule has 0 aliphatic carbocycles. The molecule has 1 aliphatic heterocycles. The van der Waals surface area contributed by atoms with E-state index < -0.39 is 0 Å². The Balaban J connectivity index is 1.85. The first-order valence-electron chi connectivity index (χ1n) is 7.39. The summed E-state index contributed by atoms with van der Waals surface area (Å²) in [6.45, 7) is 4.77. The van der Waals surface area contributed by atoms with Gasteiger partial charge in [-0.3, -0.25) is 4.79 Å². The lowest BCUT2D eigenvalue weighted by molar-refractivity contribution is -0.132. The van der Waals surface area contributed by atoms with Crippen molar-refractivity contribution in [2.24, 2.45) is 5.41 Å². The zero-order chi connectivity index (χ0) is 14.4. The summed E-state index contributed by atoms with van der Waals surface area (Å²) in [5.41, 5.74) is -0.178. The van der Waals surface area contributed by atoms with Crippen LogP contribution >= 0.6 is 27.3 Å². The first-order chi connectivity index (χ1) is 9.66. The topological polar surface area (TPSA) is 41.1 Å². The molecule has 2 rings (SSSR count). The SMILES string of the molecule is CCCC1(C(=O)NCCc2ccc(Br)s2)CCCNC1. The van der Waals surface area contributed by atoms with Gasteiger partial charge in [0.15, 0.2) is 0 Å². The molecule has 0 spiro atoms. The molecule has 0 bridgehead atoms. The third kappa shape index (κ3) is 4.06. The third-order valence-corrected chi connectivity index (χ3v) is 5.65. The molecule has 0 aromatic carbocycles. The first-order valence-corrected chi connectivity index (χ1v) is 9.00. The van der Waals surface area contributed by atoms with Crippen molar-refractivity contribution in [3.05, 3.63) is 20.8 Å². The molecule has 0 radical (unpaired) electrons. The molecule has 1 atom stereocenters. The average molecular weight is 359 g/mol. The van der Waals surface area contributed by atoms with Crippen LogP contribution in [0.3, 0.4) is 0 Å². The number of amides is 1. The normalized spacial score (nSPS) is 22.7. The van der Waals surface area contributed by atoms with Gasteiger partial charge in [0, 0.05) is 18.0 Å². The van der Waals surface area contributed by atoms with Gasteiger partial charge >= 0.3 is 0 Å². The molecule has 0 saturated carbocycles. The highest BCUT2D eigenvalue weighted by Crippen LogP contribution is 2.31. The number of hydrogen-bond donors (Lipinski definition) is 2. The molecule has 1 aromatic heterocycles. The number of nitrogens with one attached hydrogen (secondary N) is 2. The van der Waals surface area contributed by atoms with Gasteiger partial charge in [-0.2, -0.15) is 0 Å². The molecule has 1 saturated heterocycles. The zero-order valence-corrected chi connectivity index (χ0v) is 14.4. The van der Waals surface area contributed by atoms with Crippen LogP contribution in [0.15, 0.2) is 15.9 Å². The van der Waals surface area contributed by atoms with Gasteiger partial charge in [0.1, 0.15) is 0 Å². The van der Waals surface area contributed by atoms with E-state index in [-0.39, 0.29) is 11.3 Å². The summed E-state index contributed by atoms with van der Waals surface area (Å²) < 4.78 is 1.15. The fourth-order valence-corrected chi connectivity index (χ4v) is 4.42. The van der Waals surface area contributed by atoms with Gasteiger partial charge in [-0.25, -0.2) is 0 Å². The third-order valence-electron chi connectivity index (χ3n) is 3.97. The Morgan fingerprint density at radius 2 is 2.40 bits per heavy atom. The summed E-state index contributed by atoms with van der Waals surface area (Å²) in [5.74, 6) is 0.238. The standard InChI is InChI=1S/C15H23BrN2OS/c1-2-7-15(8-3-9-17-11-15)14(19)18-10-6-12-4-5-13(16)20-12/h4-5,17H,2-3,6-11H2,1H3,(H,18,19). The van der Waals surface area contributed by atoms with Crippen molar-refractivity contribution in [2.45, 2.75) is 39.0 Å². The van der Waals surface area contributed by atoms with Crippen LogP contribution in [0.2, 0.25) is 0 Å². The van der Waals surface area contributed by atoms with Crippen LogP contribution in [-0.4, -0.2) is 25.5 Å². The van der Waals surface area contributed by atoms with E-state index in [2.05, 4.69) is 45.6 Å². The van der Waals surface area contributed by atoms with Crippen LogP contribution in [0, 0.1) is 5.41 Å². The summed E-state index contributed by atoms with van der Waals surface area (Å²) in [6, 6.07) is 4.18. The lowest BCUT2D eigenvalue weighted by Gasteiger charge is -2.36. The van der Waals surface area contributed by atoms with Crippen LogP contribution < -0.4 is 10.6 Å². The van der Waals surface area contributed by atoms with Gasteiger partial charge in [-0.05, 0) is 60.3 Å². The van der Waals surface area contributed by atoms with E-state index in [1.165, 1.54) is 4.88 Å². The largest absolute Gasteiger partial charge is 0.355 e. The van der Waals surface area contributed by atoms with Crippen molar-refractivity contribution in [2.75, 3.05) is 19.6 Å². The first kappa shape index (κ1) is 16.0. The molecule has 1 aromatic rings. The maximum atomic E-state index is 12.5. The minimum Gasteiger partial charge on any atom is -0.355 e. The van der Waals surface area contributed by atoms with E-state index >= 15 is 0 Å². The monoisotopic (exact) mass is 358 g/mol. The second kappa shape index (κ2) is 7.57. The molecular weight excluding hydrogens is 336 g/mol. The summed E-state index contributed by atoms with van der Waals surface area (Å²) in [6.07, 6.45) is 5.08. The molecule has 2 N–H and O–H groups in total. The lowest BCUT2D eigenvalue weighted by Crippen LogP contribution is -2.50. The van der Waals surface area contributed by atoms with E-state index in [0.717, 1.165) is 55.5 Å². The maximum Gasteiger partial charge on any atom is 0.227 e. The fraction of sp³-hybridized carbons (Fsp3) is 0.667. The smallest absolute Gasteiger partial charge is 0.227 e. The number of halogens is 1. The van der Waals surface area contributed by atoms with Crippen molar-refractivity contribution in [3.63, 3.8) is 0 Å². The maximum absolute atomic E-state index is 12.5. The molecule has 5 heteroatoms. The van der Waals surface area contributed by atoms with Crippen LogP contribution in [0.25, 0.3) is 0 Å². The van der Waals surface area contributed by atoms with Crippen LogP contribution in [0.4, 0.5) is 0 Å². The Kier molecular flexibility index (Phi) is 6.05. The highest BCUT2D eigenvalue weighted by atomic mass is 79.9. The summed E-state index contributed by atoms with van der Waals surface area (Å²) in [4.78, 5) is 13.9. The molecule has 1 fully saturated rings. The molecular formula is C15H23BrN2OS. The summed E-state index contributed by atoms with van der Waals surface area (Å²) >= 11 is 5.20. The van der Waals surface area contributed by atoms with Gasteiger partial charge in [0.25, 0.3) is 0 Å². The van der Waals surface area contributed by atoms with Crippen LogP contribution in [-0.2, 0) is 11.2 Å². The Labute approximate surface area is 133 Å². The number of carbonyl (C=O) groups excluding carboxylic acids is 1. The Hall–Kier alpha value is -0.390. The predicted molar refractivity (Wildman–Crippen MR) is 88.2 cm³/mol. The van der Waals surface area contributed by atoms with Crippen LogP contribution in [0.1, 0.15) is 37.5 Å². The van der Waals surface area contributed by atoms with E-state index in [1.807, 2.05) is 0 Å². The summed E-state index contributed by atoms with van der Waals surface area (Å²) in [5, 5.41) is 6.54. The Bertz CT molecular complexity index is 435. The Morgan fingerprint density at radius 3 is 3.00 bits per heavy atom. The molecule has 20 heavy (non-hydrogen) atoms. The second-order valence-corrected chi connectivity index (χ2v) is 8.07. The zero-order valence-electron chi connectivity index (χ0n) is 12.0. The minimum absolute atomic E-state index is 0.178. The van der Waals surface area contributed by atoms with E-state index in [1.54, 1.807) is 11.3 Å². The van der Waals surface area contributed by atoms with Crippen molar-refractivity contribution < 1.29 is 4.79 Å². The number of carbonyl (C=O) groups is 1. The molecule has 1 amide bonds. The Morgan fingerprint density at radius 1 is 1.55 bits per heavy atom. The average Bonchev–Trinajstić information content (AvgIpc) is 2.86.